The second-order valence-electron chi connectivity index (χ2n) is 11.3. The number of halogens is 1. The van der Waals surface area contributed by atoms with Crippen LogP contribution in [-0.4, -0.2) is 102 Å². The van der Waals surface area contributed by atoms with E-state index < -0.39 is 0 Å². The topological polar surface area (TPSA) is 97.4 Å². The first kappa shape index (κ1) is 29.0. The maximum Gasteiger partial charge on any atom is 0.326 e. The molecule has 0 spiro atoms. The number of anilines is 4. The Morgan fingerprint density at radius 1 is 1.09 bits per heavy atom. The van der Waals surface area contributed by atoms with Gasteiger partial charge in [0.2, 0.25) is 11.9 Å². The second kappa shape index (κ2) is 12.6. The van der Waals surface area contributed by atoms with E-state index in [4.69, 9.17) is 21.3 Å². The van der Waals surface area contributed by atoms with Crippen molar-refractivity contribution in [3.8, 4) is 5.75 Å². The third kappa shape index (κ3) is 6.18. The van der Waals surface area contributed by atoms with E-state index >= 15 is 0 Å². The van der Waals surface area contributed by atoms with Gasteiger partial charge in [-0.15, -0.1) is 11.6 Å². The van der Waals surface area contributed by atoms with Gasteiger partial charge in [-0.3, -0.25) is 9.69 Å². The van der Waals surface area contributed by atoms with Gasteiger partial charge in [-0.05, 0) is 31.2 Å². The summed E-state index contributed by atoms with van der Waals surface area (Å²) in [5.41, 5.74) is 3.73. The van der Waals surface area contributed by atoms with Gasteiger partial charge in [0.1, 0.15) is 17.4 Å². The number of aromatic nitrogens is 2. The summed E-state index contributed by atoms with van der Waals surface area (Å²) >= 11 is 5.85. The zero-order chi connectivity index (χ0) is 29.9. The molecule has 12 heteroatoms. The van der Waals surface area contributed by atoms with Gasteiger partial charge in [0.05, 0.1) is 25.4 Å². The summed E-state index contributed by atoms with van der Waals surface area (Å²) in [7, 11) is 3.79. The number of nitrogens with zero attached hydrogens (tertiary/aromatic N) is 7. The molecular formula is C31H37ClN8O3. The monoisotopic (exact) mass is 604 g/mol. The van der Waals surface area contributed by atoms with Crippen LogP contribution in [0.5, 0.6) is 5.75 Å². The predicted octanol–water partition coefficient (Wildman–Crippen LogP) is 3.76. The molecule has 43 heavy (non-hydrogen) atoms. The van der Waals surface area contributed by atoms with Crippen LogP contribution in [-0.2, 0) is 17.9 Å². The molecule has 2 fully saturated rings. The number of carbonyl (C=O) groups is 2. The van der Waals surface area contributed by atoms with E-state index in [2.05, 4.69) is 33.2 Å². The molecule has 1 unspecified atom stereocenters. The molecule has 3 aromatic rings. The average molecular weight is 605 g/mol. The maximum atomic E-state index is 14.0. The van der Waals surface area contributed by atoms with Crippen LogP contribution in [0.2, 0.25) is 0 Å². The largest absolute Gasteiger partial charge is 0.494 e. The van der Waals surface area contributed by atoms with Crippen molar-refractivity contribution in [1.29, 1.82) is 0 Å². The van der Waals surface area contributed by atoms with Gasteiger partial charge < -0.3 is 29.7 Å². The third-order valence-electron chi connectivity index (χ3n) is 8.42. The zero-order valence-corrected chi connectivity index (χ0v) is 25.3. The molecule has 11 nitrogen and oxygen atoms in total. The Kier molecular flexibility index (Phi) is 8.53. The number of benzene rings is 2. The smallest absolute Gasteiger partial charge is 0.326 e. The number of rotatable bonds is 8. The number of likely N-dealkylation sites (tertiary alicyclic amines) is 1. The van der Waals surface area contributed by atoms with Crippen molar-refractivity contribution >= 4 is 46.7 Å². The average Bonchev–Trinajstić information content (AvgIpc) is 3.52. The molecule has 0 radical (unpaired) electrons. The Morgan fingerprint density at radius 3 is 2.63 bits per heavy atom. The number of alkyl halides is 1. The summed E-state index contributed by atoms with van der Waals surface area (Å²) in [6.07, 6.45) is 2.42. The number of ether oxygens (including phenoxy) is 1. The standard InChI is InChI=1S/C31H37ClN8O3/c1-36-12-14-37(15-13-36)24-8-9-26(27(16-24)43-2)34-30-33-18-23-20-39(19-22-6-4-3-5-7-22)31(42)40(29(23)35-30)25-10-11-38(21-25)28(41)17-32/h3-9,16,18,25H,10-15,17,19-21H2,1-2H3,(H,33,34,35). The molecule has 3 aliphatic rings. The minimum Gasteiger partial charge on any atom is -0.494 e. The number of fused-ring (bicyclic) bond motifs is 1. The lowest BCUT2D eigenvalue weighted by molar-refractivity contribution is -0.127. The molecule has 2 saturated heterocycles. The van der Waals surface area contributed by atoms with Crippen LogP contribution in [0.1, 0.15) is 17.5 Å². The molecule has 3 amide bonds. The first-order chi connectivity index (χ1) is 20.9. The molecule has 3 aliphatic heterocycles. The lowest BCUT2D eigenvalue weighted by atomic mass is 10.1. The summed E-state index contributed by atoms with van der Waals surface area (Å²) in [4.78, 5) is 45.8. The van der Waals surface area contributed by atoms with Crippen molar-refractivity contribution in [1.82, 2.24) is 24.7 Å². The Labute approximate surface area is 257 Å². The molecule has 2 aromatic carbocycles. The van der Waals surface area contributed by atoms with Gasteiger partial charge in [0.25, 0.3) is 0 Å². The number of likely N-dealkylation sites (N-methyl/N-ethyl adjacent to an activating group) is 1. The van der Waals surface area contributed by atoms with Gasteiger partial charge in [-0.1, -0.05) is 30.3 Å². The molecule has 0 saturated carbocycles. The first-order valence-electron chi connectivity index (χ1n) is 14.6. The van der Waals surface area contributed by atoms with Gasteiger partial charge >= 0.3 is 6.03 Å². The van der Waals surface area contributed by atoms with Crippen LogP contribution in [0, 0.1) is 0 Å². The van der Waals surface area contributed by atoms with Crippen molar-refractivity contribution < 1.29 is 14.3 Å². The fourth-order valence-corrected chi connectivity index (χ4v) is 6.15. The third-order valence-corrected chi connectivity index (χ3v) is 8.65. The minimum absolute atomic E-state index is 0.0803. The van der Waals surface area contributed by atoms with E-state index in [1.54, 1.807) is 28.0 Å². The second-order valence-corrected chi connectivity index (χ2v) is 11.5. The number of hydrogen-bond donors (Lipinski definition) is 1. The lowest BCUT2D eigenvalue weighted by Gasteiger charge is -2.39. The van der Waals surface area contributed by atoms with E-state index in [0.29, 0.717) is 50.1 Å². The van der Waals surface area contributed by atoms with Crippen LogP contribution in [0.25, 0.3) is 0 Å². The Bertz CT molecular complexity index is 1470. The summed E-state index contributed by atoms with van der Waals surface area (Å²) in [6.45, 7) is 5.75. The van der Waals surface area contributed by atoms with Crippen LogP contribution in [0.3, 0.4) is 0 Å². The summed E-state index contributed by atoms with van der Waals surface area (Å²) in [5.74, 6) is 1.40. The fraction of sp³-hybridized carbons (Fsp3) is 0.419. The number of methoxy groups -OCH3 is 1. The van der Waals surface area contributed by atoms with Gasteiger partial charge in [-0.25, -0.2) is 9.78 Å². The fourth-order valence-electron chi connectivity index (χ4n) is 5.98. The van der Waals surface area contributed by atoms with Crippen LogP contribution >= 0.6 is 11.6 Å². The highest BCUT2D eigenvalue weighted by Gasteiger charge is 2.40. The molecular weight excluding hydrogens is 568 g/mol. The van der Waals surface area contributed by atoms with Crippen LogP contribution in [0.15, 0.2) is 54.7 Å². The van der Waals surface area contributed by atoms with Crippen LogP contribution in [0.4, 0.5) is 27.9 Å². The highest BCUT2D eigenvalue weighted by Crippen LogP contribution is 2.35. The number of carbonyl (C=O) groups excluding carboxylic acids is 2. The molecule has 1 aromatic heterocycles. The summed E-state index contributed by atoms with van der Waals surface area (Å²) in [5, 5.41) is 3.32. The van der Waals surface area contributed by atoms with E-state index in [0.717, 1.165) is 48.7 Å². The quantitative estimate of drug-likeness (QED) is 0.388. The molecule has 226 valence electrons. The molecule has 6 rings (SSSR count). The van der Waals surface area contributed by atoms with E-state index in [-0.39, 0.29) is 23.9 Å². The number of urea groups is 1. The van der Waals surface area contributed by atoms with E-state index in [1.807, 2.05) is 42.5 Å². The maximum absolute atomic E-state index is 14.0. The number of amides is 3. The van der Waals surface area contributed by atoms with Gasteiger partial charge in [0.15, 0.2) is 0 Å². The van der Waals surface area contributed by atoms with Crippen molar-refractivity contribution in [2.45, 2.75) is 25.6 Å². The normalized spacial score (nSPS) is 19.0. The summed E-state index contributed by atoms with van der Waals surface area (Å²) in [6, 6.07) is 15.6. The Balaban J connectivity index is 1.28. The number of nitrogens with one attached hydrogen (secondary N) is 1. The van der Waals surface area contributed by atoms with Gasteiger partial charge in [-0.2, -0.15) is 4.98 Å². The SMILES string of the molecule is COc1cc(N2CCN(C)CC2)ccc1Nc1ncc2c(n1)N(C1CCN(C(=O)CCl)C1)C(=O)N(Cc1ccccc1)C2. The molecule has 0 aliphatic carbocycles. The molecule has 1 N–H and O–H groups in total. The Morgan fingerprint density at radius 2 is 1.88 bits per heavy atom. The van der Waals surface area contributed by atoms with E-state index in [1.165, 1.54) is 0 Å². The first-order valence-corrected chi connectivity index (χ1v) is 15.2. The zero-order valence-electron chi connectivity index (χ0n) is 24.6. The highest BCUT2D eigenvalue weighted by molar-refractivity contribution is 6.27. The van der Waals surface area contributed by atoms with Gasteiger partial charge in [0, 0.05) is 69.3 Å². The van der Waals surface area contributed by atoms with Crippen molar-refractivity contribution in [2.75, 3.05) is 74.4 Å². The van der Waals surface area contributed by atoms with E-state index in [9.17, 15) is 9.59 Å². The lowest BCUT2D eigenvalue weighted by Crippen LogP contribution is -2.53. The van der Waals surface area contributed by atoms with Crippen molar-refractivity contribution in [3.63, 3.8) is 0 Å². The minimum atomic E-state index is -0.225. The molecule has 0 bridgehead atoms. The highest BCUT2D eigenvalue weighted by atomic mass is 35.5. The van der Waals surface area contributed by atoms with Crippen LogP contribution < -0.4 is 19.9 Å². The summed E-state index contributed by atoms with van der Waals surface area (Å²) < 4.78 is 5.74. The Hall–Kier alpha value is -4.09. The van der Waals surface area contributed by atoms with Crippen molar-refractivity contribution in [2.24, 2.45) is 0 Å². The number of piperazine rings is 1. The molecule has 4 heterocycles. The predicted molar refractivity (Wildman–Crippen MR) is 167 cm³/mol. The number of hydrogen-bond acceptors (Lipinski definition) is 8. The molecule has 1 atom stereocenters. The van der Waals surface area contributed by atoms with Crippen molar-refractivity contribution in [3.05, 3.63) is 65.9 Å².